The van der Waals surface area contributed by atoms with Gasteiger partial charge in [-0.1, -0.05) is 13.8 Å². The molecular formula is C13H18F2N2OS. The lowest BCUT2D eigenvalue weighted by atomic mass is 10.2. The summed E-state index contributed by atoms with van der Waals surface area (Å²) in [7, 11) is 0. The molecule has 0 unspecified atom stereocenters. The van der Waals surface area contributed by atoms with E-state index in [1.54, 1.807) is 36.0 Å². The number of nitrogens with two attached hydrogens (primary N) is 1. The number of hydrogen-bond donors (Lipinski definition) is 2. The summed E-state index contributed by atoms with van der Waals surface area (Å²) in [4.78, 5) is 12.7. The lowest BCUT2D eigenvalue weighted by Crippen LogP contribution is -2.41. The van der Waals surface area contributed by atoms with Crippen LogP contribution in [0.2, 0.25) is 0 Å². The molecule has 1 rings (SSSR count). The van der Waals surface area contributed by atoms with Gasteiger partial charge >= 0.3 is 0 Å². The molecule has 0 aliphatic rings. The minimum absolute atomic E-state index is 0.362. The first-order valence-electron chi connectivity index (χ1n) is 5.97. The van der Waals surface area contributed by atoms with E-state index in [4.69, 9.17) is 5.73 Å². The van der Waals surface area contributed by atoms with Gasteiger partial charge in [0.05, 0.1) is 13.1 Å². The maximum atomic E-state index is 12.9. The van der Waals surface area contributed by atoms with Crippen molar-refractivity contribution in [3.05, 3.63) is 29.8 Å². The number of benzene rings is 1. The number of amides is 1. The summed E-state index contributed by atoms with van der Waals surface area (Å²) in [5, 5.41) is 2.62. The van der Waals surface area contributed by atoms with Crippen LogP contribution in [0, 0.1) is 0 Å². The van der Waals surface area contributed by atoms with Crippen LogP contribution >= 0.6 is 11.8 Å². The van der Waals surface area contributed by atoms with E-state index in [1.807, 2.05) is 0 Å². The van der Waals surface area contributed by atoms with E-state index < -0.39 is 24.9 Å². The van der Waals surface area contributed by atoms with Gasteiger partial charge in [0.15, 0.2) is 0 Å². The lowest BCUT2D eigenvalue weighted by molar-refractivity contribution is 0.0118. The van der Waals surface area contributed by atoms with Crippen LogP contribution in [0.25, 0.3) is 0 Å². The van der Waals surface area contributed by atoms with Crippen molar-refractivity contribution in [3.63, 3.8) is 0 Å². The second-order valence-corrected chi connectivity index (χ2v) is 6.08. The summed E-state index contributed by atoms with van der Waals surface area (Å²) >= 11 is 1.67. The third-order valence-electron chi connectivity index (χ3n) is 2.29. The fourth-order valence-electron chi connectivity index (χ4n) is 1.34. The van der Waals surface area contributed by atoms with E-state index in [0.29, 0.717) is 10.8 Å². The number of carbonyl (C=O) groups is 1. The Morgan fingerprint density at radius 3 is 2.42 bits per heavy atom. The maximum absolute atomic E-state index is 12.9. The number of thioether (sulfide) groups is 1. The third kappa shape index (κ3) is 5.57. The van der Waals surface area contributed by atoms with Crippen LogP contribution in [0.1, 0.15) is 24.2 Å². The fourth-order valence-corrected chi connectivity index (χ4v) is 2.18. The fraction of sp³-hybridized carbons (Fsp3) is 0.462. The molecule has 0 radical (unpaired) electrons. The number of hydrogen-bond acceptors (Lipinski definition) is 3. The summed E-state index contributed by atoms with van der Waals surface area (Å²) in [6.07, 6.45) is 0. The molecule has 1 amide bonds. The molecule has 3 nitrogen and oxygen atoms in total. The van der Waals surface area contributed by atoms with Crippen LogP contribution in [0.3, 0.4) is 0 Å². The van der Waals surface area contributed by atoms with Crippen LogP contribution in [0.15, 0.2) is 29.2 Å². The summed E-state index contributed by atoms with van der Waals surface area (Å²) < 4.78 is 25.8. The summed E-state index contributed by atoms with van der Waals surface area (Å²) in [5.41, 5.74) is 5.26. The van der Waals surface area contributed by atoms with Gasteiger partial charge < -0.3 is 11.1 Å². The van der Waals surface area contributed by atoms with Crippen molar-refractivity contribution in [1.82, 2.24) is 5.32 Å². The Hall–Kier alpha value is -1.14. The van der Waals surface area contributed by atoms with Crippen molar-refractivity contribution in [2.24, 2.45) is 5.73 Å². The molecule has 0 fully saturated rings. The predicted molar refractivity (Wildman–Crippen MR) is 73.8 cm³/mol. The second kappa shape index (κ2) is 6.86. The Kier molecular flexibility index (Phi) is 5.75. The Bertz CT molecular complexity index is 421. The van der Waals surface area contributed by atoms with E-state index in [-0.39, 0.29) is 0 Å². The number of nitrogens with one attached hydrogen (secondary N) is 1. The lowest BCUT2D eigenvalue weighted by Gasteiger charge is -2.14. The first kappa shape index (κ1) is 15.9. The zero-order chi connectivity index (χ0) is 14.5. The van der Waals surface area contributed by atoms with Gasteiger partial charge in [0, 0.05) is 15.7 Å². The van der Waals surface area contributed by atoms with E-state index in [1.165, 1.54) is 0 Å². The normalized spacial score (nSPS) is 11.7. The van der Waals surface area contributed by atoms with Crippen LogP contribution in [0.4, 0.5) is 8.78 Å². The molecule has 1 aromatic carbocycles. The maximum Gasteiger partial charge on any atom is 0.277 e. The highest BCUT2D eigenvalue weighted by atomic mass is 32.2. The molecular weight excluding hydrogens is 270 g/mol. The molecule has 0 spiro atoms. The summed E-state index contributed by atoms with van der Waals surface area (Å²) in [6.45, 7) is 2.61. The van der Waals surface area contributed by atoms with E-state index in [9.17, 15) is 13.6 Å². The Morgan fingerprint density at radius 2 is 1.95 bits per heavy atom. The summed E-state index contributed by atoms with van der Waals surface area (Å²) in [6, 6.07) is 6.86. The second-order valence-electron chi connectivity index (χ2n) is 4.43. The molecule has 3 N–H and O–H groups in total. The van der Waals surface area contributed by atoms with Gasteiger partial charge in [-0.25, -0.2) is 8.78 Å². The number of rotatable bonds is 6. The molecule has 0 bridgehead atoms. The minimum atomic E-state index is -3.07. The number of alkyl halides is 2. The van der Waals surface area contributed by atoms with Crippen LogP contribution in [-0.2, 0) is 0 Å². The minimum Gasteiger partial charge on any atom is -0.346 e. The monoisotopic (exact) mass is 288 g/mol. The quantitative estimate of drug-likeness (QED) is 0.791. The Morgan fingerprint density at radius 1 is 1.37 bits per heavy atom. The molecule has 106 valence electrons. The standard InChI is InChI=1S/C13H18F2N2OS/c1-9(2)19-11-5-3-10(4-6-11)12(18)17-8-13(14,15)7-16/h3-6,9H,7-8,16H2,1-2H3,(H,17,18). The van der Waals surface area contributed by atoms with E-state index in [0.717, 1.165) is 4.90 Å². The van der Waals surface area contributed by atoms with Crippen molar-refractivity contribution >= 4 is 17.7 Å². The SMILES string of the molecule is CC(C)Sc1ccc(C(=O)NCC(F)(F)CN)cc1. The van der Waals surface area contributed by atoms with Crippen molar-refractivity contribution in [2.45, 2.75) is 29.9 Å². The van der Waals surface area contributed by atoms with Gasteiger partial charge in [-0.3, -0.25) is 4.79 Å². The van der Waals surface area contributed by atoms with Crippen LogP contribution in [-0.4, -0.2) is 30.2 Å². The molecule has 1 aromatic rings. The molecule has 0 saturated carbocycles. The zero-order valence-electron chi connectivity index (χ0n) is 11.0. The molecule has 0 aliphatic carbocycles. The van der Waals surface area contributed by atoms with Gasteiger partial charge in [0.2, 0.25) is 0 Å². The van der Waals surface area contributed by atoms with Gasteiger partial charge in [0.1, 0.15) is 0 Å². The van der Waals surface area contributed by atoms with Gasteiger partial charge in [-0.2, -0.15) is 0 Å². The smallest absolute Gasteiger partial charge is 0.277 e. The Labute approximate surface area is 115 Å². The zero-order valence-corrected chi connectivity index (χ0v) is 11.8. The molecule has 6 heteroatoms. The molecule has 0 saturated heterocycles. The molecule has 0 aromatic heterocycles. The first-order valence-corrected chi connectivity index (χ1v) is 6.85. The molecule has 0 atom stereocenters. The predicted octanol–water partition coefficient (Wildman–Crippen LogP) is 2.51. The third-order valence-corrected chi connectivity index (χ3v) is 3.31. The average Bonchev–Trinajstić information content (AvgIpc) is 2.36. The number of carbonyl (C=O) groups excluding carboxylic acids is 1. The van der Waals surface area contributed by atoms with Crippen molar-refractivity contribution < 1.29 is 13.6 Å². The largest absolute Gasteiger partial charge is 0.346 e. The van der Waals surface area contributed by atoms with Crippen molar-refractivity contribution in [1.29, 1.82) is 0 Å². The molecule has 19 heavy (non-hydrogen) atoms. The van der Waals surface area contributed by atoms with Gasteiger partial charge in [0.25, 0.3) is 11.8 Å². The molecule has 0 heterocycles. The van der Waals surface area contributed by atoms with Crippen LogP contribution in [0.5, 0.6) is 0 Å². The highest BCUT2D eigenvalue weighted by Crippen LogP contribution is 2.22. The topological polar surface area (TPSA) is 55.1 Å². The highest BCUT2D eigenvalue weighted by molar-refractivity contribution is 7.99. The van der Waals surface area contributed by atoms with Crippen molar-refractivity contribution in [2.75, 3.05) is 13.1 Å². The average molecular weight is 288 g/mol. The molecule has 0 aliphatic heterocycles. The van der Waals surface area contributed by atoms with E-state index >= 15 is 0 Å². The van der Waals surface area contributed by atoms with Crippen molar-refractivity contribution in [3.8, 4) is 0 Å². The Balaban J connectivity index is 2.58. The van der Waals surface area contributed by atoms with Gasteiger partial charge in [-0.15, -0.1) is 11.8 Å². The highest BCUT2D eigenvalue weighted by Gasteiger charge is 2.27. The first-order chi connectivity index (χ1) is 8.84. The van der Waals surface area contributed by atoms with Gasteiger partial charge in [-0.05, 0) is 24.3 Å². The van der Waals surface area contributed by atoms with E-state index in [2.05, 4.69) is 19.2 Å². The number of halogens is 2. The van der Waals surface area contributed by atoms with Crippen LogP contribution < -0.4 is 11.1 Å². The summed E-state index contributed by atoms with van der Waals surface area (Å²) in [5.74, 6) is -3.59.